The Balaban J connectivity index is -0.0000000910. The number of allylic oxidation sites excluding steroid dienone is 2. The van der Waals surface area contributed by atoms with Crippen LogP contribution in [0.3, 0.4) is 0 Å². The quantitative estimate of drug-likeness (QED) is 0.488. The van der Waals surface area contributed by atoms with Crippen LogP contribution in [0.2, 0.25) is 0 Å². The minimum atomic E-state index is -1.72. The smallest absolute Gasteiger partial charge is 0.214 e. The van der Waals surface area contributed by atoms with Crippen molar-refractivity contribution in [3.8, 4) is 0 Å². The summed E-state index contributed by atoms with van der Waals surface area (Å²) in [5, 5.41) is 0. The van der Waals surface area contributed by atoms with Crippen LogP contribution in [0, 0.1) is 0 Å². The van der Waals surface area contributed by atoms with E-state index in [-0.39, 0.29) is 51.4 Å². The normalized spacial score (nSPS) is 6.00. The van der Waals surface area contributed by atoms with Crippen LogP contribution in [0.4, 0.5) is 0 Å². The van der Waals surface area contributed by atoms with E-state index in [1.807, 2.05) is 6.92 Å². The zero-order valence-corrected chi connectivity index (χ0v) is 12.7. The van der Waals surface area contributed by atoms with E-state index in [4.69, 9.17) is 30.1 Å². The summed E-state index contributed by atoms with van der Waals surface area (Å²) in [5.74, 6) is 0. The third-order valence-electron chi connectivity index (χ3n) is 0.348. The zero-order chi connectivity index (χ0) is 7.86. The first-order valence-corrected chi connectivity index (χ1v) is 7.44. The molecule has 0 unspecified atom stereocenters. The molecule has 5 heteroatoms. The molecule has 0 amide bonds. The van der Waals surface area contributed by atoms with Crippen molar-refractivity contribution in [1.82, 2.24) is 0 Å². The van der Waals surface area contributed by atoms with Gasteiger partial charge in [-0.25, -0.2) is 30.1 Å². The van der Waals surface area contributed by atoms with E-state index in [1.54, 1.807) is 6.08 Å². The van der Waals surface area contributed by atoms with Gasteiger partial charge in [-0.2, -0.15) is 0 Å². The molecule has 0 aromatic carbocycles. The first-order valence-electron chi connectivity index (χ1n) is 2.21. The Bertz CT molecular complexity index is 92.1. The van der Waals surface area contributed by atoms with Gasteiger partial charge >= 0.3 is 11.4 Å². The van der Waals surface area contributed by atoms with Crippen molar-refractivity contribution in [3.63, 3.8) is 0 Å². The molecule has 0 saturated heterocycles. The molecule has 0 bridgehead atoms. The Morgan fingerprint density at radius 2 is 1.50 bits per heavy atom. The SMILES string of the molecule is C=CC(=C)C.[Cl][Al]([Cl])[Cl].[K]. The van der Waals surface area contributed by atoms with Gasteiger partial charge in [-0.05, 0) is 6.92 Å². The van der Waals surface area contributed by atoms with E-state index in [2.05, 4.69) is 13.2 Å². The summed E-state index contributed by atoms with van der Waals surface area (Å²) in [4.78, 5) is 0. The molecular formula is C5H8AlCl3K. The van der Waals surface area contributed by atoms with Gasteiger partial charge in [0, 0.05) is 51.4 Å². The van der Waals surface area contributed by atoms with Crippen molar-refractivity contribution in [2.45, 2.75) is 6.92 Å². The van der Waals surface area contributed by atoms with E-state index < -0.39 is 11.4 Å². The van der Waals surface area contributed by atoms with E-state index in [0.29, 0.717) is 0 Å². The second kappa shape index (κ2) is 14.1. The molecule has 0 aromatic heterocycles. The van der Waals surface area contributed by atoms with Crippen LogP contribution in [-0.4, -0.2) is 62.8 Å². The molecular weight excluding hydrogens is 232 g/mol. The van der Waals surface area contributed by atoms with E-state index in [1.165, 1.54) is 0 Å². The van der Waals surface area contributed by atoms with Gasteiger partial charge in [0.2, 0.25) is 0 Å². The number of rotatable bonds is 1. The van der Waals surface area contributed by atoms with Gasteiger partial charge in [-0.1, -0.05) is 24.8 Å². The molecule has 0 heterocycles. The van der Waals surface area contributed by atoms with Gasteiger partial charge in [0.15, 0.2) is 0 Å². The number of hydrogen-bond acceptors (Lipinski definition) is 0. The summed E-state index contributed by atoms with van der Waals surface area (Å²) in [6.07, 6.45) is 1.72. The first kappa shape index (κ1) is 18.3. The maximum Gasteiger partial charge on any atom is 0.643 e. The van der Waals surface area contributed by atoms with Crippen LogP contribution < -0.4 is 0 Å². The molecule has 0 fully saturated rings. The third-order valence-corrected chi connectivity index (χ3v) is 0.348. The molecule has 0 rings (SSSR count). The maximum atomic E-state index is 4.94. The van der Waals surface area contributed by atoms with Crippen LogP contribution in [0.5, 0.6) is 0 Å². The maximum absolute atomic E-state index is 4.94. The minimum absolute atomic E-state index is 0. The van der Waals surface area contributed by atoms with Crippen LogP contribution in [0.15, 0.2) is 24.8 Å². The number of halogens is 3. The van der Waals surface area contributed by atoms with Crippen molar-refractivity contribution in [1.29, 1.82) is 0 Å². The van der Waals surface area contributed by atoms with Gasteiger partial charge in [0.1, 0.15) is 0 Å². The predicted molar refractivity (Wildman–Crippen MR) is 54.1 cm³/mol. The van der Waals surface area contributed by atoms with E-state index in [0.717, 1.165) is 5.57 Å². The largest absolute Gasteiger partial charge is 0.643 e. The molecule has 53 valence electrons. The predicted octanol–water partition coefficient (Wildman–Crippen LogP) is 3.06. The van der Waals surface area contributed by atoms with Crippen LogP contribution in [0.25, 0.3) is 0 Å². The fraction of sp³-hybridized carbons (Fsp3) is 0.200. The van der Waals surface area contributed by atoms with Crippen LogP contribution in [0.1, 0.15) is 6.92 Å². The van der Waals surface area contributed by atoms with Gasteiger partial charge in [0.25, 0.3) is 0 Å². The summed E-state index contributed by atoms with van der Waals surface area (Å²) in [5.41, 5.74) is 1.02. The molecule has 1 radical (unpaired) electrons. The van der Waals surface area contributed by atoms with E-state index in [9.17, 15) is 0 Å². The molecule has 10 heavy (non-hydrogen) atoms. The molecule has 0 aliphatic carbocycles. The molecule has 0 atom stereocenters. The van der Waals surface area contributed by atoms with Crippen molar-refractivity contribution in [2.24, 2.45) is 0 Å². The Hall–Kier alpha value is 2.52. The van der Waals surface area contributed by atoms with Gasteiger partial charge in [0.05, 0.1) is 0 Å². The zero-order valence-electron chi connectivity index (χ0n) is 6.20. The fourth-order valence-electron chi connectivity index (χ4n) is 0. The molecule has 0 spiro atoms. The average Bonchev–Trinajstić information content (AvgIpc) is 1.65. The Morgan fingerprint density at radius 3 is 1.50 bits per heavy atom. The summed E-state index contributed by atoms with van der Waals surface area (Å²) >= 11 is -1.72. The minimum Gasteiger partial charge on any atom is -0.214 e. The molecule has 0 saturated carbocycles. The summed E-state index contributed by atoms with van der Waals surface area (Å²) < 4.78 is 0. The molecule has 0 nitrogen and oxygen atoms in total. The Morgan fingerprint density at radius 1 is 1.40 bits per heavy atom. The average molecular weight is 241 g/mol. The fourth-order valence-corrected chi connectivity index (χ4v) is 0. The van der Waals surface area contributed by atoms with Crippen LogP contribution >= 0.6 is 30.1 Å². The Labute approximate surface area is 122 Å². The molecule has 0 aromatic rings. The second-order valence-electron chi connectivity index (χ2n) is 1.30. The van der Waals surface area contributed by atoms with Crippen molar-refractivity contribution < 1.29 is 0 Å². The summed E-state index contributed by atoms with van der Waals surface area (Å²) in [7, 11) is 14.8. The second-order valence-corrected chi connectivity index (χ2v) is 7.73. The standard InChI is InChI=1S/C5H8.Al.3ClH.K/c1-4-5(2)3;;;;;/h4H,1-2H2,3H3;;3*1H;/q;+3;;;;/p-3. The van der Waals surface area contributed by atoms with Crippen molar-refractivity contribution >= 4 is 92.9 Å². The Kier molecular flexibility index (Phi) is 25.8. The summed E-state index contributed by atoms with van der Waals surface area (Å²) in [6, 6.07) is 0. The van der Waals surface area contributed by atoms with Crippen molar-refractivity contribution in [2.75, 3.05) is 0 Å². The molecule has 0 N–H and O–H groups in total. The topological polar surface area (TPSA) is 0 Å². The van der Waals surface area contributed by atoms with Gasteiger partial charge in [-0.15, -0.1) is 0 Å². The molecule has 0 aliphatic heterocycles. The molecule has 0 aliphatic rings. The first-order chi connectivity index (χ1) is 4.00. The third kappa shape index (κ3) is 46.7. The van der Waals surface area contributed by atoms with Crippen LogP contribution in [-0.2, 0) is 0 Å². The van der Waals surface area contributed by atoms with Gasteiger partial charge in [-0.3, -0.25) is 0 Å². The summed E-state index contributed by atoms with van der Waals surface area (Å²) in [6.45, 7) is 8.93. The monoisotopic (exact) mass is 239 g/mol. The number of hydrogen-bond donors (Lipinski definition) is 0. The van der Waals surface area contributed by atoms with Crippen molar-refractivity contribution in [3.05, 3.63) is 24.8 Å². The van der Waals surface area contributed by atoms with Gasteiger partial charge < -0.3 is 0 Å². The van der Waals surface area contributed by atoms with E-state index >= 15 is 0 Å².